The second kappa shape index (κ2) is 7.34. The van der Waals surface area contributed by atoms with E-state index in [1.165, 1.54) is 42.7 Å². The number of fused-ring (bicyclic) bond motifs is 2. The summed E-state index contributed by atoms with van der Waals surface area (Å²) in [5.41, 5.74) is 0.0593. The maximum absolute atomic E-state index is 13.4. The normalized spacial score (nSPS) is 12.4. The van der Waals surface area contributed by atoms with Gasteiger partial charge in [0.15, 0.2) is 5.03 Å². The number of nitrogens with zero attached hydrogens (tertiary/aromatic N) is 6. The highest BCUT2D eigenvalue weighted by Crippen LogP contribution is 2.32. The largest absolute Gasteiger partial charge is 0.416 e. The molecule has 172 valence electrons. The van der Waals surface area contributed by atoms with Crippen molar-refractivity contribution in [3.05, 3.63) is 82.9 Å². The lowest BCUT2D eigenvalue weighted by Crippen LogP contribution is -2.16. The van der Waals surface area contributed by atoms with Crippen molar-refractivity contribution < 1.29 is 26.5 Å². The van der Waals surface area contributed by atoms with Gasteiger partial charge in [0.05, 0.1) is 29.1 Å². The van der Waals surface area contributed by atoms with Crippen LogP contribution in [0.4, 0.5) is 18.9 Å². The van der Waals surface area contributed by atoms with Crippen molar-refractivity contribution in [1.29, 1.82) is 0 Å². The smallest absolute Gasteiger partial charge is 0.282 e. The molecule has 14 heteroatoms. The van der Waals surface area contributed by atoms with Gasteiger partial charge in [-0.25, -0.2) is 4.98 Å². The lowest BCUT2D eigenvalue weighted by molar-refractivity contribution is -0.385. The highest BCUT2D eigenvalue weighted by Gasteiger charge is 2.30. The number of aromatic nitrogens is 5. The number of hydrogen-bond acceptors (Lipinski definition) is 7. The molecular formula is C20H11F3N6O4S. The summed E-state index contributed by atoms with van der Waals surface area (Å²) in [6, 6.07) is 8.28. The third-order valence-electron chi connectivity index (χ3n) is 5.09. The fraction of sp³-hybridized carbons (Fsp3) is 0.0500. The first kappa shape index (κ1) is 21.5. The van der Waals surface area contributed by atoms with Crippen molar-refractivity contribution in [2.24, 2.45) is 0 Å². The van der Waals surface area contributed by atoms with Crippen molar-refractivity contribution in [2.45, 2.75) is 11.2 Å². The number of imidazole rings is 1. The topological polar surface area (TPSA) is 125 Å². The predicted molar refractivity (Wildman–Crippen MR) is 112 cm³/mol. The summed E-state index contributed by atoms with van der Waals surface area (Å²) in [6.45, 7) is 0. The van der Waals surface area contributed by atoms with Crippen molar-refractivity contribution in [1.82, 2.24) is 23.6 Å². The molecule has 0 saturated carbocycles. The highest BCUT2D eigenvalue weighted by molar-refractivity contribution is 7.90. The van der Waals surface area contributed by atoms with Gasteiger partial charge in [-0.05, 0) is 29.8 Å². The molecule has 0 radical (unpaired) electrons. The highest BCUT2D eigenvalue weighted by atomic mass is 32.2. The van der Waals surface area contributed by atoms with E-state index in [4.69, 9.17) is 0 Å². The van der Waals surface area contributed by atoms with Crippen LogP contribution >= 0.6 is 0 Å². The molecule has 5 aromatic rings. The van der Waals surface area contributed by atoms with E-state index in [0.29, 0.717) is 15.2 Å². The van der Waals surface area contributed by atoms with Gasteiger partial charge in [-0.1, -0.05) is 12.1 Å². The Kier molecular flexibility index (Phi) is 4.65. The third-order valence-corrected chi connectivity index (χ3v) is 6.67. The molecule has 10 nitrogen and oxygen atoms in total. The van der Waals surface area contributed by atoms with Gasteiger partial charge in [-0.2, -0.15) is 30.8 Å². The first-order chi connectivity index (χ1) is 16.1. The maximum atomic E-state index is 13.4. The van der Waals surface area contributed by atoms with Gasteiger partial charge in [0, 0.05) is 17.8 Å². The Labute approximate surface area is 188 Å². The fourth-order valence-corrected chi connectivity index (χ4v) is 4.76. The summed E-state index contributed by atoms with van der Waals surface area (Å²) in [5, 5.41) is 14.7. The third kappa shape index (κ3) is 3.44. The molecule has 0 aliphatic rings. The fourth-order valence-electron chi connectivity index (χ4n) is 3.42. The van der Waals surface area contributed by atoms with E-state index in [9.17, 15) is 31.7 Å². The quantitative estimate of drug-likeness (QED) is 0.277. The zero-order valence-corrected chi connectivity index (χ0v) is 17.5. The van der Waals surface area contributed by atoms with Gasteiger partial charge in [0.25, 0.3) is 5.69 Å². The lowest BCUT2D eigenvalue weighted by atomic mass is 10.1. The molecule has 4 aromatic heterocycles. The second-order valence-electron chi connectivity index (χ2n) is 7.17. The molecular weight excluding hydrogens is 477 g/mol. The van der Waals surface area contributed by atoms with Crippen molar-refractivity contribution in [2.75, 3.05) is 0 Å². The van der Waals surface area contributed by atoms with Crippen LogP contribution in [0.5, 0.6) is 0 Å². The molecule has 5 rings (SSSR count). The minimum atomic E-state index is -4.49. The number of pyridine rings is 2. The summed E-state index contributed by atoms with van der Waals surface area (Å²) >= 11 is 0. The molecule has 0 aliphatic carbocycles. The molecule has 1 aromatic carbocycles. The Balaban J connectivity index is 1.63. The Morgan fingerprint density at radius 1 is 0.941 bits per heavy atom. The number of alkyl halides is 3. The molecule has 0 spiro atoms. The SMILES string of the molecule is O=[N+]([O-])c1ccc2ncc(S(=O)(=O)n3ncc4ncc(-c5ccc(C(F)(F)F)cc5)cc43)n2c1. The standard InChI is InChI=1S/C20H11F3N6O4S/c21-20(22,23)14-3-1-12(2-4-14)13-7-17-16(24-8-13)9-26-28(17)34(32,33)19-10-25-18-6-5-15(29(30)31)11-27(18)19/h1-11H. The Morgan fingerprint density at radius 2 is 1.68 bits per heavy atom. The monoisotopic (exact) mass is 488 g/mol. The van der Waals surface area contributed by atoms with E-state index in [1.54, 1.807) is 0 Å². The Morgan fingerprint density at radius 3 is 2.35 bits per heavy atom. The molecule has 34 heavy (non-hydrogen) atoms. The van der Waals surface area contributed by atoms with Gasteiger partial charge in [0.2, 0.25) is 0 Å². The molecule has 0 aliphatic heterocycles. The second-order valence-corrected chi connectivity index (χ2v) is 8.88. The predicted octanol–water partition coefficient (Wildman–Crippen LogP) is 3.91. The van der Waals surface area contributed by atoms with Crippen LogP contribution in [0.3, 0.4) is 0 Å². The van der Waals surface area contributed by atoms with Crippen LogP contribution in [0.1, 0.15) is 5.56 Å². The minimum Gasteiger partial charge on any atom is -0.282 e. The first-order valence-electron chi connectivity index (χ1n) is 9.44. The van der Waals surface area contributed by atoms with E-state index in [1.807, 2.05) is 0 Å². The van der Waals surface area contributed by atoms with Crippen LogP contribution in [-0.4, -0.2) is 36.9 Å². The van der Waals surface area contributed by atoms with Crippen molar-refractivity contribution >= 4 is 32.4 Å². The van der Waals surface area contributed by atoms with Gasteiger partial charge in [-0.15, -0.1) is 0 Å². The minimum absolute atomic E-state index is 0.0674. The van der Waals surface area contributed by atoms with Gasteiger partial charge < -0.3 is 0 Å². The van der Waals surface area contributed by atoms with Crippen LogP contribution in [0.15, 0.2) is 72.3 Å². The zero-order valence-electron chi connectivity index (χ0n) is 16.7. The molecule has 0 unspecified atom stereocenters. The average Bonchev–Trinajstić information content (AvgIpc) is 3.42. The van der Waals surface area contributed by atoms with Crippen LogP contribution in [0.2, 0.25) is 0 Å². The van der Waals surface area contributed by atoms with Gasteiger partial charge in [-0.3, -0.25) is 19.5 Å². The van der Waals surface area contributed by atoms with Gasteiger partial charge in [0.1, 0.15) is 16.7 Å². The number of rotatable bonds is 4. The van der Waals surface area contributed by atoms with E-state index >= 15 is 0 Å². The van der Waals surface area contributed by atoms with Crippen LogP contribution in [0.25, 0.3) is 27.8 Å². The van der Waals surface area contributed by atoms with Crippen molar-refractivity contribution in [3.8, 4) is 11.1 Å². The molecule has 0 N–H and O–H groups in total. The molecule has 0 amide bonds. The number of hydrogen-bond donors (Lipinski definition) is 0. The molecule has 4 heterocycles. The number of halogens is 3. The summed E-state index contributed by atoms with van der Waals surface area (Å²) in [5.74, 6) is 0. The molecule has 0 saturated heterocycles. The molecule has 0 bridgehead atoms. The number of benzene rings is 1. The Bertz CT molecular complexity index is 1690. The summed E-state index contributed by atoms with van der Waals surface area (Å²) < 4.78 is 67.1. The summed E-state index contributed by atoms with van der Waals surface area (Å²) in [4.78, 5) is 18.6. The number of nitro groups is 1. The van der Waals surface area contributed by atoms with Gasteiger partial charge >= 0.3 is 16.2 Å². The Hall–Kier alpha value is -4.33. The van der Waals surface area contributed by atoms with Crippen LogP contribution < -0.4 is 0 Å². The zero-order chi connectivity index (χ0) is 24.3. The average molecular weight is 488 g/mol. The first-order valence-corrected chi connectivity index (χ1v) is 10.9. The van der Waals surface area contributed by atoms with Crippen molar-refractivity contribution in [3.63, 3.8) is 0 Å². The molecule has 0 atom stereocenters. The summed E-state index contributed by atoms with van der Waals surface area (Å²) in [6.07, 6.45) is 0.203. The van der Waals surface area contributed by atoms with Crippen LogP contribution in [-0.2, 0) is 16.2 Å². The van der Waals surface area contributed by atoms with Crippen LogP contribution in [0, 0.1) is 10.1 Å². The van der Waals surface area contributed by atoms with E-state index in [-0.39, 0.29) is 27.4 Å². The molecule has 0 fully saturated rings. The summed E-state index contributed by atoms with van der Waals surface area (Å²) in [7, 11) is -4.38. The van der Waals surface area contributed by atoms with E-state index in [0.717, 1.165) is 28.9 Å². The van der Waals surface area contributed by atoms with E-state index in [2.05, 4.69) is 15.1 Å². The van der Waals surface area contributed by atoms with E-state index < -0.39 is 26.7 Å². The maximum Gasteiger partial charge on any atom is 0.416 e. The lowest BCUT2D eigenvalue weighted by Gasteiger charge is -2.09.